The summed E-state index contributed by atoms with van der Waals surface area (Å²) in [6.07, 6.45) is 7.99. The standard InChI is InChI=1S/C23H42O2Si2/c1-13-21(24-26(8,9)10)16-14-15-20(4)18-22(17-19(2)3)25-27(11,12)23(5,6)7/h13,16,18H,1,14-15H2,2-12H3/b20-18+,21-16+. The van der Waals surface area contributed by atoms with Crippen LogP contribution >= 0.6 is 0 Å². The fraction of sp³-hybridized carbons (Fsp3) is 0.609. The van der Waals surface area contributed by atoms with Crippen molar-refractivity contribution in [1.82, 2.24) is 0 Å². The van der Waals surface area contributed by atoms with Crippen LogP contribution in [-0.4, -0.2) is 16.6 Å². The summed E-state index contributed by atoms with van der Waals surface area (Å²) in [6, 6.07) is 0. The average molecular weight is 407 g/mol. The van der Waals surface area contributed by atoms with E-state index < -0.39 is 16.6 Å². The maximum atomic E-state index is 6.49. The molecule has 0 bridgehead atoms. The summed E-state index contributed by atoms with van der Waals surface area (Å²) in [4.78, 5) is 0. The molecule has 0 aliphatic rings. The molecule has 0 spiro atoms. The van der Waals surface area contributed by atoms with Crippen LogP contribution in [0.25, 0.3) is 0 Å². The quantitative estimate of drug-likeness (QED) is 0.167. The third kappa shape index (κ3) is 11.3. The second-order valence-corrected chi connectivity index (χ2v) is 19.1. The van der Waals surface area contributed by atoms with Crippen molar-refractivity contribution in [3.05, 3.63) is 53.2 Å². The molecule has 0 heterocycles. The molecule has 0 saturated carbocycles. The fourth-order valence-electron chi connectivity index (χ4n) is 2.02. The van der Waals surface area contributed by atoms with E-state index in [0.717, 1.165) is 29.9 Å². The Balaban J connectivity index is 5.30. The second kappa shape index (κ2) is 10.4. The van der Waals surface area contributed by atoms with E-state index in [9.17, 15) is 0 Å². The highest BCUT2D eigenvalue weighted by atomic mass is 28.4. The molecule has 0 aliphatic carbocycles. The molecule has 0 aromatic carbocycles. The highest BCUT2D eigenvalue weighted by molar-refractivity contribution is 6.74. The molecule has 0 radical (unpaired) electrons. The van der Waals surface area contributed by atoms with E-state index in [1.165, 1.54) is 5.57 Å². The molecule has 0 aliphatic heterocycles. The van der Waals surface area contributed by atoms with Gasteiger partial charge in [0.05, 0.1) is 5.76 Å². The zero-order valence-corrected chi connectivity index (χ0v) is 21.7. The first kappa shape index (κ1) is 25.8. The van der Waals surface area contributed by atoms with Gasteiger partial charge in [-0.2, -0.15) is 0 Å². The van der Waals surface area contributed by atoms with Crippen LogP contribution in [0, 0.1) is 0 Å². The first-order chi connectivity index (χ1) is 12.1. The highest BCUT2D eigenvalue weighted by Crippen LogP contribution is 2.38. The normalized spacial score (nSPS) is 13.7. The summed E-state index contributed by atoms with van der Waals surface area (Å²) in [5.41, 5.74) is 5.81. The lowest BCUT2D eigenvalue weighted by Crippen LogP contribution is -2.40. The van der Waals surface area contributed by atoms with Gasteiger partial charge in [-0.25, -0.2) is 0 Å². The zero-order chi connectivity index (χ0) is 21.5. The Bertz CT molecular complexity index is 628. The third-order valence-electron chi connectivity index (χ3n) is 4.43. The van der Waals surface area contributed by atoms with Crippen LogP contribution < -0.4 is 0 Å². The van der Waals surface area contributed by atoms with Crippen LogP contribution in [0.3, 0.4) is 0 Å². The Labute approximate surface area is 171 Å². The molecule has 0 aromatic heterocycles. The van der Waals surface area contributed by atoms with E-state index in [0.29, 0.717) is 0 Å². The van der Waals surface area contributed by atoms with Gasteiger partial charge in [0.15, 0.2) is 0 Å². The molecule has 0 saturated heterocycles. The minimum Gasteiger partial charge on any atom is -0.545 e. The van der Waals surface area contributed by atoms with Gasteiger partial charge in [0.25, 0.3) is 8.32 Å². The predicted molar refractivity (Wildman–Crippen MR) is 126 cm³/mol. The van der Waals surface area contributed by atoms with Gasteiger partial charge in [-0.05, 0) is 95.2 Å². The van der Waals surface area contributed by atoms with Crippen molar-refractivity contribution in [3.63, 3.8) is 0 Å². The van der Waals surface area contributed by atoms with Crippen molar-refractivity contribution in [2.24, 2.45) is 0 Å². The Hall–Kier alpha value is -1.23. The van der Waals surface area contributed by atoms with Gasteiger partial charge >= 0.3 is 0 Å². The van der Waals surface area contributed by atoms with Crippen molar-refractivity contribution >= 4 is 16.6 Å². The van der Waals surface area contributed by atoms with Crippen molar-refractivity contribution in [3.8, 4) is 0 Å². The molecular formula is C23H42O2Si2. The highest BCUT2D eigenvalue weighted by Gasteiger charge is 2.39. The topological polar surface area (TPSA) is 18.5 Å². The molecule has 0 rings (SSSR count). The number of hydrogen-bond acceptors (Lipinski definition) is 2. The van der Waals surface area contributed by atoms with Crippen molar-refractivity contribution < 1.29 is 8.85 Å². The summed E-state index contributed by atoms with van der Waals surface area (Å²) in [7, 11) is -3.48. The monoisotopic (exact) mass is 406 g/mol. The van der Waals surface area contributed by atoms with Gasteiger partial charge in [0.1, 0.15) is 5.76 Å². The molecule has 2 nitrogen and oxygen atoms in total. The van der Waals surface area contributed by atoms with Gasteiger partial charge in [-0.1, -0.05) is 38.7 Å². The van der Waals surface area contributed by atoms with Gasteiger partial charge in [-0.3, -0.25) is 0 Å². The predicted octanol–water partition coefficient (Wildman–Crippen LogP) is 8.11. The van der Waals surface area contributed by atoms with Crippen LogP contribution in [0.5, 0.6) is 0 Å². The maximum absolute atomic E-state index is 6.49. The minimum absolute atomic E-state index is 0.166. The summed E-state index contributed by atoms with van der Waals surface area (Å²) in [6.45, 7) is 28.0. The summed E-state index contributed by atoms with van der Waals surface area (Å²) in [5.74, 6) is 1.77. The first-order valence-electron chi connectivity index (χ1n) is 9.89. The molecule has 4 heteroatoms. The number of allylic oxidation sites excluding steroid dienone is 4. The molecular weight excluding hydrogens is 364 g/mol. The van der Waals surface area contributed by atoms with Gasteiger partial charge in [-0.15, -0.1) is 0 Å². The molecule has 0 atom stereocenters. The van der Waals surface area contributed by atoms with E-state index >= 15 is 0 Å². The van der Waals surface area contributed by atoms with Crippen molar-refractivity contribution in [2.75, 3.05) is 0 Å². The van der Waals surface area contributed by atoms with Crippen LogP contribution in [0.4, 0.5) is 0 Å². The molecule has 154 valence electrons. The van der Waals surface area contributed by atoms with E-state index in [1.54, 1.807) is 0 Å². The Kier molecular flexibility index (Phi) is 9.88. The second-order valence-electron chi connectivity index (χ2n) is 9.91. The van der Waals surface area contributed by atoms with E-state index in [4.69, 9.17) is 8.85 Å². The molecule has 0 N–H and O–H groups in total. The van der Waals surface area contributed by atoms with Gasteiger partial charge in [0, 0.05) is 0 Å². The van der Waals surface area contributed by atoms with E-state index in [-0.39, 0.29) is 5.04 Å². The smallest absolute Gasteiger partial charge is 0.251 e. The van der Waals surface area contributed by atoms with Crippen molar-refractivity contribution in [1.29, 1.82) is 0 Å². The summed E-state index contributed by atoms with van der Waals surface area (Å²) < 4.78 is 12.5. The SMILES string of the molecule is C=C/C(=C\CC/C(C)=C/C(=C=C(C)C)O[Si](C)(C)C(C)(C)C)O[Si](C)(C)C. The Morgan fingerprint density at radius 1 is 1.00 bits per heavy atom. The lowest BCUT2D eigenvalue weighted by Gasteiger charge is -2.36. The summed E-state index contributed by atoms with van der Waals surface area (Å²) in [5, 5.41) is 0.166. The lowest BCUT2D eigenvalue weighted by atomic mass is 10.1. The maximum Gasteiger partial charge on any atom is 0.251 e. The first-order valence-corrected chi connectivity index (χ1v) is 16.2. The molecule has 0 aromatic rings. The molecule has 0 amide bonds. The Morgan fingerprint density at radius 3 is 1.96 bits per heavy atom. The number of rotatable bonds is 9. The van der Waals surface area contributed by atoms with Crippen LogP contribution in [0.1, 0.15) is 54.4 Å². The van der Waals surface area contributed by atoms with Crippen molar-refractivity contribution in [2.45, 2.75) is 92.2 Å². The summed E-state index contributed by atoms with van der Waals surface area (Å²) >= 11 is 0. The van der Waals surface area contributed by atoms with Crippen LogP contribution in [0.15, 0.2) is 53.2 Å². The van der Waals surface area contributed by atoms with E-state index in [2.05, 4.69) is 98.7 Å². The van der Waals surface area contributed by atoms with Crippen LogP contribution in [-0.2, 0) is 8.85 Å². The van der Waals surface area contributed by atoms with Crippen LogP contribution in [0.2, 0.25) is 37.8 Å². The lowest BCUT2D eigenvalue weighted by molar-refractivity contribution is 0.400. The minimum atomic E-state index is -1.88. The third-order valence-corrected chi connectivity index (χ3v) is 9.62. The molecule has 0 unspecified atom stereocenters. The average Bonchev–Trinajstić information content (AvgIpc) is 2.42. The fourth-order valence-corrected chi connectivity index (χ4v) is 3.86. The molecule has 27 heavy (non-hydrogen) atoms. The Morgan fingerprint density at radius 2 is 1.56 bits per heavy atom. The largest absolute Gasteiger partial charge is 0.545 e. The van der Waals surface area contributed by atoms with E-state index in [1.807, 2.05) is 6.08 Å². The molecule has 0 fully saturated rings. The van der Waals surface area contributed by atoms with Gasteiger partial charge < -0.3 is 8.85 Å². The zero-order valence-electron chi connectivity index (χ0n) is 19.7. The number of hydrogen-bond donors (Lipinski definition) is 0. The van der Waals surface area contributed by atoms with Gasteiger partial charge in [0.2, 0.25) is 8.32 Å².